The molecule has 3 nitrogen and oxygen atoms in total. The summed E-state index contributed by atoms with van der Waals surface area (Å²) in [5.41, 5.74) is 4.48. The number of aliphatic hydroxyl groups is 1. The Morgan fingerprint density at radius 1 is 1.28 bits per heavy atom. The van der Waals surface area contributed by atoms with Gasteiger partial charge in [0.2, 0.25) is 0 Å². The number of hydrogen-bond acceptors (Lipinski definition) is 3. The van der Waals surface area contributed by atoms with Gasteiger partial charge in [-0.3, -0.25) is 4.40 Å². The van der Waals surface area contributed by atoms with Gasteiger partial charge in [0.05, 0.1) is 5.69 Å². The minimum Gasteiger partial charge on any atom is -0.396 e. The van der Waals surface area contributed by atoms with Gasteiger partial charge in [0.1, 0.15) is 0 Å². The molecule has 0 atom stereocenters. The summed E-state index contributed by atoms with van der Waals surface area (Å²) in [4.78, 5) is 5.60. The Labute approximate surface area is 109 Å². The van der Waals surface area contributed by atoms with E-state index in [4.69, 9.17) is 5.11 Å². The predicted molar refractivity (Wildman–Crippen MR) is 74.0 cm³/mol. The second-order valence-corrected chi connectivity index (χ2v) is 5.18. The minimum absolute atomic E-state index is 0.171. The van der Waals surface area contributed by atoms with Crippen molar-refractivity contribution >= 4 is 16.3 Å². The smallest absolute Gasteiger partial charge is 0.194 e. The standard InChI is InChI=1S/C14H14N2OS/c1-10-2-4-11(5-3-10)13-8-16-12(6-7-17)9-18-14(16)15-13/h2-5,8-9,17H,6-7H2,1H3. The fourth-order valence-electron chi connectivity index (χ4n) is 1.99. The highest BCUT2D eigenvalue weighted by Gasteiger charge is 2.08. The van der Waals surface area contributed by atoms with E-state index in [9.17, 15) is 0 Å². The Bertz CT molecular complexity index is 667. The maximum Gasteiger partial charge on any atom is 0.194 e. The van der Waals surface area contributed by atoms with Crippen molar-refractivity contribution in [1.82, 2.24) is 9.38 Å². The third-order valence-corrected chi connectivity index (χ3v) is 3.89. The van der Waals surface area contributed by atoms with E-state index in [1.807, 2.05) is 6.20 Å². The zero-order valence-corrected chi connectivity index (χ0v) is 10.9. The van der Waals surface area contributed by atoms with E-state index >= 15 is 0 Å². The molecular weight excluding hydrogens is 244 g/mol. The van der Waals surface area contributed by atoms with E-state index in [0.29, 0.717) is 6.42 Å². The van der Waals surface area contributed by atoms with E-state index in [1.165, 1.54) is 5.56 Å². The summed E-state index contributed by atoms with van der Waals surface area (Å²) in [6, 6.07) is 8.37. The van der Waals surface area contributed by atoms with Crippen LogP contribution < -0.4 is 0 Å². The van der Waals surface area contributed by atoms with Gasteiger partial charge in [-0.2, -0.15) is 0 Å². The van der Waals surface area contributed by atoms with Crippen LogP contribution in [0.25, 0.3) is 16.2 Å². The Kier molecular flexibility index (Phi) is 2.89. The van der Waals surface area contributed by atoms with Crippen molar-refractivity contribution in [2.75, 3.05) is 6.61 Å². The van der Waals surface area contributed by atoms with Crippen molar-refractivity contribution < 1.29 is 5.11 Å². The summed E-state index contributed by atoms with van der Waals surface area (Å²) in [6.45, 7) is 2.25. The maximum atomic E-state index is 9.02. The highest BCUT2D eigenvalue weighted by molar-refractivity contribution is 7.15. The summed E-state index contributed by atoms with van der Waals surface area (Å²) in [5, 5.41) is 11.1. The molecule has 0 amide bonds. The molecule has 92 valence electrons. The first-order chi connectivity index (χ1) is 8.78. The van der Waals surface area contributed by atoms with Gasteiger partial charge in [-0.05, 0) is 6.92 Å². The first-order valence-electron chi connectivity index (χ1n) is 5.91. The van der Waals surface area contributed by atoms with Gasteiger partial charge in [-0.15, -0.1) is 11.3 Å². The lowest BCUT2D eigenvalue weighted by atomic mass is 10.1. The molecule has 0 bridgehead atoms. The van der Waals surface area contributed by atoms with E-state index in [1.54, 1.807) is 11.3 Å². The zero-order valence-electron chi connectivity index (χ0n) is 10.1. The Morgan fingerprint density at radius 2 is 2.06 bits per heavy atom. The van der Waals surface area contributed by atoms with Gasteiger partial charge in [0.25, 0.3) is 0 Å². The molecule has 2 aromatic heterocycles. The molecule has 4 heteroatoms. The molecule has 0 aliphatic carbocycles. The van der Waals surface area contributed by atoms with Crippen LogP contribution in [0.4, 0.5) is 0 Å². The molecule has 1 N–H and O–H groups in total. The average Bonchev–Trinajstić information content (AvgIpc) is 2.93. The molecule has 0 fully saturated rings. The molecule has 0 spiro atoms. The molecule has 0 unspecified atom stereocenters. The number of aliphatic hydroxyl groups excluding tert-OH is 1. The number of fused-ring (bicyclic) bond motifs is 1. The Balaban J connectivity index is 2.05. The monoisotopic (exact) mass is 258 g/mol. The normalized spacial score (nSPS) is 11.2. The first-order valence-corrected chi connectivity index (χ1v) is 6.79. The Hall–Kier alpha value is -1.65. The third kappa shape index (κ3) is 1.94. The largest absolute Gasteiger partial charge is 0.396 e. The Morgan fingerprint density at radius 3 is 2.78 bits per heavy atom. The highest BCUT2D eigenvalue weighted by Crippen LogP contribution is 2.24. The van der Waals surface area contributed by atoms with Gasteiger partial charge in [0, 0.05) is 35.9 Å². The summed E-state index contributed by atoms with van der Waals surface area (Å²) < 4.78 is 2.07. The maximum absolute atomic E-state index is 9.02. The van der Waals surface area contributed by atoms with Crippen molar-refractivity contribution in [2.24, 2.45) is 0 Å². The molecule has 0 saturated carbocycles. The fourth-order valence-corrected chi connectivity index (χ4v) is 2.89. The zero-order chi connectivity index (χ0) is 12.5. The quantitative estimate of drug-likeness (QED) is 0.784. The second-order valence-electron chi connectivity index (χ2n) is 4.35. The topological polar surface area (TPSA) is 37.5 Å². The number of nitrogens with zero attached hydrogens (tertiary/aromatic N) is 2. The summed E-state index contributed by atoms with van der Waals surface area (Å²) in [7, 11) is 0. The fraction of sp³-hybridized carbons (Fsp3) is 0.214. The van der Waals surface area contributed by atoms with E-state index < -0.39 is 0 Å². The SMILES string of the molecule is Cc1ccc(-c2cn3c(CCO)csc3n2)cc1. The number of benzene rings is 1. The number of rotatable bonds is 3. The summed E-state index contributed by atoms with van der Waals surface area (Å²) in [5.74, 6) is 0. The van der Waals surface area contributed by atoms with Crippen molar-refractivity contribution in [2.45, 2.75) is 13.3 Å². The molecule has 0 radical (unpaired) electrons. The van der Waals surface area contributed by atoms with Crippen molar-refractivity contribution in [3.63, 3.8) is 0 Å². The van der Waals surface area contributed by atoms with Crippen LogP contribution in [-0.2, 0) is 6.42 Å². The molecule has 1 aromatic carbocycles. The van der Waals surface area contributed by atoms with Gasteiger partial charge < -0.3 is 5.11 Å². The third-order valence-electron chi connectivity index (χ3n) is 3.00. The number of aromatic nitrogens is 2. The number of thiazole rings is 1. The summed E-state index contributed by atoms with van der Waals surface area (Å²) in [6.07, 6.45) is 2.71. The van der Waals surface area contributed by atoms with Crippen LogP contribution in [-0.4, -0.2) is 21.1 Å². The highest BCUT2D eigenvalue weighted by atomic mass is 32.1. The van der Waals surface area contributed by atoms with Gasteiger partial charge in [-0.1, -0.05) is 29.8 Å². The lowest BCUT2D eigenvalue weighted by Gasteiger charge is -1.97. The minimum atomic E-state index is 0.171. The average molecular weight is 258 g/mol. The molecule has 2 heterocycles. The van der Waals surface area contributed by atoms with Crippen LogP contribution in [0.5, 0.6) is 0 Å². The molecule has 0 saturated heterocycles. The molecular formula is C14H14N2OS. The molecule has 18 heavy (non-hydrogen) atoms. The van der Waals surface area contributed by atoms with E-state index in [2.05, 4.69) is 46.0 Å². The number of hydrogen-bond donors (Lipinski definition) is 1. The van der Waals surface area contributed by atoms with Gasteiger partial charge in [0.15, 0.2) is 4.96 Å². The number of imidazole rings is 1. The van der Waals surface area contributed by atoms with Crippen LogP contribution >= 0.6 is 11.3 Å². The number of aryl methyl sites for hydroxylation is 1. The molecule has 3 rings (SSSR count). The molecule has 3 aromatic rings. The van der Waals surface area contributed by atoms with Crippen LogP contribution in [0.15, 0.2) is 35.8 Å². The first kappa shape index (κ1) is 11.4. The summed E-state index contributed by atoms with van der Waals surface area (Å²) >= 11 is 1.61. The van der Waals surface area contributed by atoms with Crippen LogP contribution in [0.1, 0.15) is 11.3 Å². The van der Waals surface area contributed by atoms with Crippen molar-refractivity contribution in [3.8, 4) is 11.3 Å². The van der Waals surface area contributed by atoms with Gasteiger partial charge in [-0.25, -0.2) is 4.98 Å². The van der Waals surface area contributed by atoms with E-state index in [-0.39, 0.29) is 6.61 Å². The predicted octanol–water partition coefficient (Wildman–Crippen LogP) is 2.91. The van der Waals surface area contributed by atoms with Crippen molar-refractivity contribution in [3.05, 3.63) is 47.1 Å². The van der Waals surface area contributed by atoms with Crippen LogP contribution in [0.3, 0.4) is 0 Å². The second kappa shape index (κ2) is 4.55. The van der Waals surface area contributed by atoms with Gasteiger partial charge >= 0.3 is 0 Å². The van der Waals surface area contributed by atoms with E-state index in [0.717, 1.165) is 21.9 Å². The lowest BCUT2D eigenvalue weighted by Crippen LogP contribution is -1.93. The van der Waals surface area contributed by atoms with Crippen molar-refractivity contribution in [1.29, 1.82) is 0 Å². The molecule has 0 aliphatic heterocycles. The lowest BCUT2D eigenvalue weighted by molar-refractivity contribution is 0.298. The van der Waals surface area contributed by atoms with Crippen LogP contribution in [0.2, 0.25) is 0 Å². The van der Waals surface area contributed by atoms with Crippen LogP contribution in [0, 0.1) is 6.92 Å². The molecule has 0 aliphatic rings.